The average Bonchev–Trinajstić information content (AvgIpc) is 2.65. The number of nitrogens with zero attached hydrogens (tertiary/aromatic N) is 1. The maximum atomic E-state index is 11.3. The van der Waals surface area contributed by atoms with Gasteiger partial charge in [-0.3, -0.25) is 5.32 Å². The Morgan fingerprint density at radius 3 is 2.82 bits per heavy atom. The second kappa shape index (κ2) is 6.56. The number of hydrogen-bond acceptors (Lipinski definition) is 5. The number of aromatic nitrogens is 1. The molecule has 1 atom stereocenters. The lowest BCUT2D eigenvalue weighted by molar-refractivity contribution is 0.130. The van der Waals surface area contributed by atoms with Gasteiger partial charge in [0.2, 0.25) is 0 Å². The molecular weight excluding hydrogens is 238 g/mol. The van der Waals surface area contributed by atoms with Crippen molar-refractivity contribution in [2.75, 3.05) is 11.9 Å². The van der Waals surface area contributed by atoms with Gasteiger partial charge in [-0.15, -0.1) is 11.3 Å². The van der Waals surface area contributed by atoms with Crippen molar-refractivity contribution in [2.24, 2.45) is 0 Å². The van der Waals surface area contributed by atoms with E-state index in [4.69, 9.17) is 4.74 Å². The molecule has 5 nitrogen and oxygen atoms in total. The van der Waals surface area contributed by atoms with Gasteiger partial charge in [0, 0.05) is 11.4 Å². The number of nitrogens with one attached hydrogen (secondary N) is 2. The van der Waals surface area contributed by atoms with Gasteiger partial charge in [0.25, 0.3) is 0 Å². The van der Waals surface area contributed by atoms with Crippen LogP contribution in [0.1, 0.15) is 39.4 Å². The van der Waals surface area contributed by atoms with Gasteiger partial charge < -0.3 is 10.1 Å². The summed E-state index contributed by atoms with van der Waals surface area (Å²) in [6.07, 6.45) is -0.591. The van der Waals surface area contributed by atoms with Gasteiger partial charge >= 0.3 is 6.09 Å². The van der Waals surface area contributed by atoms with Crippen molar-refractivity contribution in [1.82, 2.24) is 10.3 Å². The quantitative estimate of drug-likeness (QED) is 0.851. The predicted octanol–water partition coefficient (Wildman–Crippen LogP) is 2.77. The smallest absolute Gasteiger partial charge is 0.413 e. The van der Waals surface area contributed by atoms with E-state index in [2.05, 4.69) is 15.6 Å². The molecule has 0 fully saturated rings. The van der Waals surface area contributed by atoms with Gasteiger partial charge in [-0.05, 0) is 27.3 Å². The number of carbonyl (C=O) groups is 1. The van der Waals surface area contributed by atoms with Crippen LogP contribution in [0.5, 0.6) is 0 Å². The first-order chi connectivity index (χ1) is 8.02. The SMILES string of the molecule is CCNC(C)c1csc(NC(=O)OC(C)C)n1. The molecule has 1 unspecified atom stereocenters. The largest absolute Gasteiger partial charge is 0.447 e. The fourth-order valence-corrected chi connectivity index (χ4v) is 2.07. The average molecular weight is 257 g/mol. The van der Waals surface area contributed by atoms with Crippen molar-refractivity contribution in [1.29, 1.82) is 0 Å². The van der Waals surface area contributed by atoms with Crippen LogP contribution in [0.2, 0.25) is 0 Å². The number of carbonyl (C=O) groups excluding carboxylic acids is 1. The molecule has 6 heteroatoms. The molecule has 1 heterocycles. The van der Waals surface area contributed by atoms with E-state index in [1.807, 2.05) is 19.2 Å². The molecule has 2 N–H and O–H groups in total. The van der Waals surface area contributed by atoms with Crippen LogP contribution in [0.4, 0.5) is 9.93 Å². The molecule has 1 amide bonds. The predicted molar refractivity (Wildman–Crippen MR) is 69.4 cm³/mol. The van der Waals surface area contributed by atoms with E-state index in [-0.39, 0.29) is 12.1 Å². The molecule has 1 aromatic heterocycles. The highest BCUT2D eigenvalue weighted by atomic mass is 32.1. The second-order valence-electron chi connectivity index (χ2n) is 3.94. The molecule has 1 aromatic rings. The molecule has 17 heavy (non-hydrogen) atoms. The summed E-state index contributed by atoms with van der Waals surface area (Å²) in [5.41, 5.74) is 0.927. The summed E-state index contributed by atoms with van der Waals surface area (Å²) >= 11 is 1.40. The fraction of sp³-hybridized carbons (Fsp3) is 0.636. The highest BCUT2D eigenvalue weighted by Gasteiger charge is 2.11. The molecule has 0 spiro atoms. The van der Waals surface area contributed by atoms with Crippen molar-refractivity contribution >= 4 is 22.6 Å². The molecule has 1 rings (SSSR count). The van der Waals surface area contributed by atoms with E-state index in [0.717, 1.165) is 12.2 Å². The van der Waals surface area contributed by atoms with Crippen molar-refractivity contribution in [2.45, 2.75) is 39.8 Å². The van der Waals surface area contributed by atoms with Gasteiger partial charge in [-0.2, -0.15) is 0 Å². The molecular formula is C11H19N3O2S. The Morgan fingerprint density at radius 1 is 1.53 bits per heavy atom. The van der Waals surface area contributed by atoms with E-state index in [0.29, 0.717) is 5.13 Å². The minimum absolute atomic E-state index is 0.130. The van der Waals surface area contributed by atoms with E-state index >= 15 is 0 Å². The van der Waals surface area contributed by atoms with Gasteiger partial charge in [0.15, 0.2) is 5.13 Å². The summed E-state index contributed by atoms with van der Waals surface area (Å²) in [6, 6.07) is 0.188. The molecule has 0 aliphatic heterocycles. The summed E-state index contributed by atoms with van der Waals surface area (Å²) < 4.78 is 4.97. The first-order valence-corrected chi connectivity index (χ1v) is 6.57. The second-order valence-corrected chi connectivity index (χ2v) is 4.79. The Labute approximate surface area is 106 Å². The van der Waals surface area contributed by atoms with Crippen LogP contribution in [0, 0.1) is 0 Å². The standard InChI is InChI=1S/C11H19N3O2S/c1-5-12-8(4)9-6-17-10(13-9)14-11(15)16-7(2)3/h6-8,12H,5H2,1-4H3,(H,13,14,15). The lowest BCUT2D eigenvalue weighted by Crippen LogP contribution is -2.19. The lowest BCUT2D eigenvalue weighted by Gasteiger charge is -2.09. The lowest BCUT2D eigenvalue weighted by atomic mass is 10.3. The summed E-state index contributed by atoms with van der Waals surface area (Å²) in [6.45, 7) is 8.58. The Morgan fingerprint density at radius 2 is 2.24 bits per heavy atom. The third-order valence-corrected chi connectivity index (χ3v) is 2.80. The van der Waals surface area contributed by atoms with Crippen LogP contribution in [0.3, 0.4) is 0 Å². The Balaban J connectivity index is 2.53. The van der Waals surface area contributed by atoms with Crippen LogP contribution >= 0.6 is 11.3 Å². The minimum Gasteiger partial charge on any atom is -0.447 e. The first kappa shape index (κ1) is 13.9. The summed E-state index contributed by atoms with van der Waals surface area (Å²) in [5.74, 6) is 0. The van der Waals surface area contributed by atoms with Crippen molar-refractivity contribution < 1.29 is 9.53 Å². The van der Waals surface area contributed by atoms with Gasteiger partial charge in [0.05, 0.1) is 11.8 Å². The van der Waals surface area contributed by atoms with Gasteiger partial charge in [-0.25, -0.2) is 9.78 Å². The van der Waals surface area contributed by atoms with E-state index in [1.165, 1.54) is 11.3 Å². The zero-order valence-corrected chi connectivity index (χ0v) is 11.4. The Hall–Kier alpha value is -1.14. The maximum absolute atomic E-state index is 11.3. The first-order valence-electron chi connectivity index (χ1n) is 5.69. The van der Waals surface area contributed by atoms with Gasteiger partial charge in [0.1, 0.15) is 0 Å². The zero-order valence-electron chi connectivity index (χ0n) is 10.6. The Kier molecular flexibility index (Phi) is 5.37. The number of amides is 1. The normalized spacial score (nSPS) is 12.5. The molecule has 0 bridgehead atoms. The van der Waals surface area contributed by atoms with Crippen LogP contribution in [0.15, 0.2) is 5.38 Å². The highest BCUT2D eigenvalue weighted by Crippen LogP contribution is 2.20. The summed E-state index contributed by atoms with van der Waals surface area (Å²) in [4.78, 5) is 15.7. The summed E-state index contributed by atoms with van der Waals surface area (Å²) in [7, 11) is 0. The number of thiazole rings is 1. The van der Waals surface area contributed by atoms with Crippen molar-refractivity contribution in [3.63, 3.8) is 0 Å². The van der Waals surface area contributed by atoms with E-state index in [1.54, 1.807) is 13.8 Å². The van der Waals surface area contributed by atoms with E-state index < -0.39 is 6.09 Å². The number of anilines is 1. The highest BCUT2D eigenvalue weighted by molar-refractivity contribution is 7.13. The van der Waals surface area contributed by atoms with Crippen molar-refractivity contribution in [3.05, 3.63) is 11.1 Å². The third-order valence-electron chi connectivity index (χ3n) is 2.03. The molecule has 0 aliphatic carbocycles. The fourth-order valence-electron chi connectivity index (χ4n) is 1.28. The molecule has 0 aromatic carbocycles. The topological polar surface area (TPSA) is 63.2 Å². The molecule has 96 valence electrons. The van der Waals surface area contributed by atoms with Crippen LogP contribution in [-0.4, -0.2) is 23.7 Å². The summed E-state index contributed by atoms with van der Waals surface area (Å²) in [5, 5.41) is 8.36. The molecule has 0 aliphatic rings. The van der Waals surface area contributed by atoms with E-state index in [9.17, 15) is 4.79 Å². The molecule has 0 radical (unpaired) electrons. The minimum atomic E-state index is -0.461. The molecule has 0 saturated carbocycles. The van der Waals surface area contributed by atoms with Crippen molar-refractivity contribution in [3.8, 4) is 0 Å². The van der Waals surface area contributed by atoms with Crippen LogP contribution < -0.4 is 10.6 Å². The number of hydrogen-bond donors (Lipinski definition) is 2. The number of ether oxygens (including phenoxy) is 1. The zero-order chi connectivity index (χ0) is 12.8. The maximum Gasteiger partial charge on any atom is 0.413 e. The monoisotopic (exact) mass is 257 g/mol. The Bertz CT molecular complexity index is 365. The van der Waals surface area contributed by atoms with Crippen LogP contribution in [-0.2, 0) is 4.74 Å². The van der Waals surface area contributed by atoms with Gasteiger partial charge in [-0.1, -0.05) is 6.92 Å². The van der Waals surface area contributed by atoms with Crippen LogP contribution in [0.25, 0.3) is 0 Å². The number of rotatable bonds is 5. The third kappa shape index (κ3) is 4.70. The molecule has 0 saturated heterocycles.